The first kappa shape index (κ1) is 15.6. The predicted octanol–water partition coefficient (Wildman–Crippen LogP) is 3.56. The van der Waals surface area contributed by atoms with Crippen LogP contribution in [0.3, 0.4) is 0 Å². The molecular weight excluding hydrogens is 336 g/mol. The van der Waals surface area contributed by atoms with Crippen LogP contribution in [0, 0.1) is 13.8 Å². The van der Waals surface area contributed by atoms with Gasteiger partial charge < -0.3 is 9.84 Å². The van der Waals surface area contributed by atoms with E-state index in [-0.39, 0.29) is 12.2 Å². The monoisotopic (exact) mass is 352 g/mol. The third-order valence-electron chi connectivity index (χ3n) is 3.25. The molecule has 6 heteroatoms. The van der Waals surface area contributed by atoms with Crippen LogP contribution in [0.2, 0.25) is 0 Å². The molecule has 0 spiro atoms. The summed E-state index contributed by atoms with van der Waals surface area (Å²) in [5.41, 5.74) is 2.75. The van der Waals surface area contributed by atoms with E-state index in [1.165, 1.54) is 0 Å². The highest BCUT2D eigenvalue weighted by atomic mass is 79.9. The average Bonchev–Trinajstić information content (AvgIpc) is 2.72. The molecule has 0 aliphatic rings. The van der Waals surface area contributed by atoms with Gasteiger partial charge in [-0.15, -0.1) is 0 Å². The molecular formula is C15H17BrN2O3. The van der Waals surface area contributed by atoms with Crippen LogP contribution in [0.25, 0.3) is 0 Å². The Balaban J connectivity index is 2.31. The van der Waals surface area contributed by atoms with E-state index in [0.717, 1.165) is 28.0 Å². The van der Waals surface area contributed by atoms with Crippen molar-refractivity contribution in [3.8, 4) is 5.75 Å². The lowest BCUT2D eigenvalue weighted by atomic mass is 10.1. The average molecular weight is 353 g/mol. The molecule has 0 atom stereocenters. The van der Waals surface area contributed by atoms with Crippen LogP contribution in [-0.4, -0.2) is 20.9 Å². The molecule has 0 radical (unpaired) electrons. The standard InChI is InChI=1S/C15H17BrN2O3/c1-4-18-12(13(16)10(3)17-18)8-21-14-9(2)6-5-7-11(14)15(19)20/h5-7H,4,8H2,1-3H3,(H,19,20). The molecule has 21 heavy (non-hydrogen) atoms. The molecule has 0 unspecified atom stereocenters. The fourth-order valence-corrected chi connectivity index (χ4v) is 2.56. The highest BCUT2D eigenvalue weighted by molar-refractivity contribution is 9.10. The third kappa shape index (κ3) is 3.10. The van der Waals surface area contributed by atoms with Gasteiger partial charge in [-0.05, 0) is 48.3 Å². The molecule has 5 nitrogen and oxygen atoms in total. The SMILES string of the molecule is CCn1nc(C)c(Br)c1COc1c(C)cccc1C(=O)O. The van der Waals surface area contributed by atoms with Crippen molar-refractivity contribution in [3.05, 3.63) is 45.2 Å². The number of nitrogens with zero attached hydrogens (tertiary/aromatic N) is 2. The molecule has 2 rings (SSSR count). The summed E-state index contributed by atoms with van der Waals surface area (Å²) in [6.45, 7) is 6.74. The predicted molar refractivity (Wildman–Crippen MR) is 82.8 cm³/mol. The Morgan fingerprint density at radius 2 is 2.14 bits per heavy atom. The van der Waals surface area contributed by atoms with Crippen molar-refractivity contribution in [2.24, 2.45) is 0 Å². The van der Waals surface area contributed by atoms with Gasteiger partial charge in [-0.2, -0.15) is 5.10 Å². The van der Waals surface area contributed by atoms with Crippen LogP contribution in [-0.2, 0) is 13.2 Å². The van der Waals surface area contributed by atoms with Crippen LogP contribution >= 0.6 is 15.9 Å². The van der Waals surface area contributed by atoms with E-state index in [9.17, 15) is 9.90 Å². The second-order valence-electron chi connectivity index (χ2n) is 4.71. The normalized spacial score (nSPS) is 10.7. The zero-order valence-corrected chi connectivity index (χ0v) is 13.8. The quantitative estimate of drug-likeness (QED) is 0.893. The molecule has 1 N–H and O–H groups in total. The van der Waals surface area contributed by atoms with Gasteiger partial charge in [0.05, 0.1) is 15.9 Å². The summed E-state index contributed by atoms with van der Waals surface area (Å²) < 4.78 is 8.52. The molecule has 0 saturated heterocycles. The molecule has 0 fully saturated rings. The largest absolute Gasteiger partial charge is 0.486 e. The lowest BCUT2D eigenvalue weighted by Crippen LogP contribution is -2.09. The first-order chi connectivity index (χ1) is 9.95. The smallest absolute Gasteiger partial charge is 0.339 e. The van der Waals surface area contributed by atoms with Crippen LogP contribution < -0.4 is 4.74 Å². The fraction of sp³-hybridized carbons (Fsp3) is 0.333. The number of benzene rings is 1. The zero-order valence-electron chi connectivity index (χ0n) is 12.2. The van der Waals surface area contributed by atoms with Crippen molar-refractivity contribution in [3.63, 3.8) is 0 Å². The molecule has 2 aromatic rings. The van der Waals surface area contributed by atoms with E-state index in [4.69, 9.17) is 4.74 Å². The van der Waals surface area contributed by atoms with E-state index in [0.29, 0.717) is 5.75 Å². The maximum Gasteiger partial charge on any atom is 0.339 e. The third-order valence-corrected chi connectivity index (χ3v) is 4.28. The number of carboxylic acids is 1. The minimum absolute atomic E-state index is 0.172. The maximum absolute atomic E-state index is 11.3. The number of aromatic carboxylic acids is 1. The Morgan fingerprint density at radius 3 is 2.76 bits per heavy atom. The van der Waals surface area contributed by atoms with Crippen molar-refractivity contribution in [2.45, 2.75) is 33.9 Å². The van der Waals surface area contributed by atoms with Gasteiger partial charge >= 0.3 is 5.97 Å². The summed E-state index contributed by atoms with van der Waals surface area (Å²) >= 11 is 3.50. The molecule has 112 valence electrons. The van der Waals surface area contributed by atoms with Crippen LogP contribution in [0.1, 0.15) is 34.2 Å². The first-order valence-corrected chi connectivity index (χ1v) is 7.42. The van der Waals surface area contributed by atoms with Gasteiger partial charge in [0.25, 0.3) is 0 Å². The molecule has 0 saturated carbocycles. The summed E-state index contributed by atoms with van der Waals surface area (Å²) in [6, 6.07) is 5.09. The molecule has 0 aliphatic carbocycles. The number of aromatic nitrogens is 2. The number of carboxylic acid groups (broad SMARTS) is 1. The molecule has 1 heterocycles. The number of halogens is 1. The molecule has 1 aromatic carbocycles. The summed E-state index contributed by atoms with van der Waals surface area (Å²) in [5, 5.41) is 13.6. The second-order valence-corrected chi connectivity index (χ2v) is 5.50. The van der Waals surface area contributed by atoms with E-state index < -0.39 is 5.97 Å². The lowest BCUT2D eigenvalue weighted by Gasteiger charge is -2.13. The summed E-state index contributed by atoms with van der Waals surface area (Å²) in [7, 11) is 0. The van der Waals surface area contributed by atoms with Crippen molar-refractivity contribution < 1.29 is 14.6 Å². The number of hydrogen-bond donors (Lipinski definition) is 1. The van der Waals surface area contributed by atoms with Gasteiger partial charge in [0.1, 0.15) is 17.9 Å². The van der Waals surface area contributed by atoms with Gasteiger partial charge in [0.15, 0.2) is 0 Å². The Bertz CT molecular complexity index is 680. The first-order valence-electron chi connectivity index (χ1n) is 6.63. The van der Waals surface area contributed by atoms with Crippen LogP contribution in [0.4, 0.5) is 0 Å². The summed E-state index contributed by atoms with van der Waals surface area (Å²) in [6.07, 6.45) is 0. The minimum Gasteiger partial charge on any atom is -0.486 e. The van der Waals surface area contributed by atoms with E-state index in [1.54, 1.807) is 12.1 Å². The van der Waals surface area contributed by atoms with Crippen LogP contribution in [0.5, 0.6) is 5.75 Å². The molecule has 1 aromatic heterocycles. The second kappa shape index (κ2) is 6.30. The maximum atomic E-state index is 11.3. The van der Waals surface area contributed by atoms with E-state index >= 15 is 0 Å². The molecule has 0 aliphatic heterocycles. The Hall–Kier alpha value is -1.82. The van der Waals surface area contributed by atoms with Crippen molar-refractivity contribution in [1.82, 2.24) is 9.78 Å². The van der Waals surface area contributed by atoms with Gasteiger partial charge in [0.2, 0.25) is 0 Å². The molecule has 0 bridgehead atoms. The summed E-state index contributed by atoms with van der Waals surface area (Å²) in [5.74, 6) is -0.591. The van der Waals surface area contributed by atoms with Gasteiger partial charge in [0, 0.05) is 6.54 Å². The Kier molecular flexibility index (Phi) is 4.67. The zero-order chi connectivity index (χ0) is 15.6. The lowest BCUT2D eigenvalue weighted by molar-refractivity contribution is 0.0691. The van der Waals surface area contributed by atoms with E-state index in [2.05, 4.69) is 21.0 Å². The number of rotatable bonds is 5. The highest BCUT2D eigenvalue weighted by Crippen LogP contribution is 2.27. The van der Waals surface area contributed by atoms with Crippen molar-refractivity contribution >= 4 is 21.9 Å². The van der Waals surface area contributed by atoms with Crippen LogP contribution in [0.15, 0.2) is 22.7 Å². The highest BCUT2D eigenvalue weighted by Gasteiger charge is 2.17. The minimum atomic E-state index is -0.993. The number of aryl methyl sites for hydroxylation is 3. The number of carbonyl (C=O) groups is 1. The topological polar surface area (TPSA) is 64.4 Å². The van der Waals surface area contributed by atoms with Gasteiger partial charge in [-0.25, -0.2) is 4.79 Å². The van der Waals surface area contributed by atoms with Gasteiger partial charge in [-0.3, -0.25) is 4.68 Å². The molecule has 0 amide bonds. The number of hydrogen-bond acceptors (Lipinski definition) is 3. The fourth-order valence-electron chi connectivity index (χ4n) is 2.16. The van der Waals surface area contributed by atoms with Gasteiger partial charge in [-0.1, -0.05) is 12.1 Å². The van der Waals surface area contributed by atoms with Crippen molar-refractivity contribution in [1.29, 1.82) is 0 Å². The van der Waals surface area contributed by atoms with Crippen molar-refractivity contribution in [2.75, 3.05) is 0 Å². The number of para-hydroxylation sites is 1. The van der Waals surface area contributed by atoms with E-state index in [1.807, 2.05) is 31.5 Å². The number of ether oxygens (including phenoxy) is 1. The Morgan fingerprint density at radius 1 is 1.43 bits per heavy atom. The Labute approximate surface area is 131 Å². The summed E-state index contributed by atoms with van der Waals surface area (Å²) in [4.78, 5) is 11.3.